The number of carbonyl (C=O) groups excluding carboxylic acids is 2. The van der Waals surface area contributed by atoms with Gasteiger partial charge >= 0.3 is 0 Å². The average Bonchev–Trinajstić information content (AvgIpc) is 2.97. The number of nitrogens with one attached hydrogen (secondary N) is 1. The van der Waals surface area contributed by atoms with Gasteiger partial charge in [-0.2, -0.15) is 0 Å². The summed E-state index contributed by atoms with van der Waals surface area (Å²) in [6.45, 7) is 3.54. The Kier molecular flexibility index (Phi) is 10.8. The number of methoxy groups -OCH3 is 2. The largest absolute Gasteiger partial charge is 0.493 e. The maximum Gasteiger partial charge on any atom is 0.264 e. The van der Waals surface area contributed by atoms with Gasteiger partial charge in [-0.15, -0.1) is 0 Å². The molecule has 0 aliphatic rings. The molecule has 1 N–H and O–H groups in total. The standard InChI is InChI=1S/C29H34ClN3O6S/c1-5-17-31-29(35)21(2)32(19-22-11-13-23(30)14-12-22)28(34)20-33(24-9-7-6-8-10-24)40(36,37)25-15-16-26(38-3)27(18-25)39-4/h6-16,18,21H,5,17,19-20H2,1-4H3,(H,31,35)/t21-/m1/s1. The Labute approximate surface area is 240 Å². The van der Waals surface area contributed by atoms with E-state index in [0.717, 1.165) is 16.3 Å². The molecule has 9 nitrogen and oxygen atoms in total. The van der Waals surface area contributed by atoms with Crippen molar-refractivity contribution in [3.8, 4) is 11.5 Å². The van der Waals surface area contributed by atoms with Gasteiger partial charge < -0.3 is 19.7 Å². The summed E-state index contributed by atoms with van der Waals surface area (Å²) in [6, 6.07) is 18.6. The van der Waals surface area contributed by atoms with Crippen molar-refractivity contribution in [1.82, 2.24) is 10.2 Å². The fourth-order valence-corrected chi connectivity index (χ4v) is 5.55. The lowest BCUT2D eigenvalue weighted by Gasteiger charge is -2.32. The lowest BCUT2D eigenvalue weighted by Crippen LogP contribution is -2.51. The molecule has 0 saturated heterocycles. The molecule has 0 heterocycles. The molecule has 0 bridgehead atoms. The van der Waals surface area contributed by atoms with Crippen LogP contribution in [0.4, 0.5) is 5.69 Å². The van der Waals surface area contributed by atoms with E-state index >= 15 is 0 Å². The number of hydrogen-bond acceptors (Lipinski definition) is 6. The third-order valence-electron chi connectivity index (χ3n) is 6.25. The number of benzene rings is 3. The van der Waals surface area contributed by atoms with Crippen molar-refractivity contribution in [2.24, 2.45) is 0 Å². The van der Waals surface area contributed by atoms with Crippen LogP contribution in [0.1, 0.15) is 25.8 Å². The number of anilines is 1. The van der Waals surface area contributed by atoms with Crippen LogP contribution >= 0.6 is 11.6 Å². The molecular weight excluding hydrogens is 554 g/mol. The van der Waals surface area contributed by atoms with Crippen LogP contribution in [0.3, 0.4) is 0 Å². The Morgan fingerprint density at radius 1 is 0.950 bits per heavy atom. The number of ether oxygens (including phenoxy) is 2. The van der Waals surface area contributed by atoms with Crippen molar-refractivity contribution in [2.45, 2.75) is 37.8 Å². The molecule has 3 rings (SSSR count). The van der Waals surface area contributed by atoms with Crippen molar-refractivity contribution in [3.05, 3.63) is 83.4 Å². The lowest BCUT2D eigenvalue weighted by atomic mass is 10.1. The van der Waals surface area contributed by atoms with Crippen LogP contribution in [-0.2, 0) is 26.2 Å². The second-order valence-electron chi connectivity index (χ2n) is 8.98. The molecular formula is C29H34ClN3O6S. The molecule has 2 amide bonds. The number of sulfonamides is 1. The Morgan fingerprint density at radius 2 is 1.60 bits per heavy atom. The predicted molar refractivity (Wildman–Crippen MR) is 155 cm³/mol. The highest BCUT2D eigenvalue weighted by Crippen LogP contribution is 2.32. The van der Waals surface area contributed by atoms with Crippen molar-refractivity contribution in [3.63, 3.8) is 0 Å². The van der Waals surface area contributed by atoms with E-state index in [1.54, 1.807) is 61.5 Å². The molecule has 0 radical (unpaired) electrons. The molecule has 40 heavy (non-hydrogen) atoms. The quantitative estimate of drug-likeness (QED) is 0.316. The minimum absolute atomic E-state index is 0.0791. The van der Waals surface area contributed by atoms with E-state index in [9.17, 15) is 18.0 Å². The molecule has 214 valence electrons. The number of amides is 2. The molecule has 11 heteroatoms. The molecule has 0 unspecified atom stereocenters. The minimum Gasteiger partial charge on any atom is -0.493 e. The molecule has 0 aliphatic heterocycles. The first-order valence-corrected chi connectivity index (χ1v) is 14.6. The van der Waals surface area contributed by atoms with Crippen LogP contribution in [0.15, 0.2) is 77.7 Å². The van der Waals surface area contributed by atoms with Crippen molar-refractivity contribution < 1.29 is 27.5 Å². The molecule has 1 atom stereocenters. The van der Waals surface area contributed by atoms with Gasteiger partial charge in [-0.05, 0) is 55.3 Å². The Balaban J connectivity index is 2.02. The number of carbonyl (C=O) groups is 2. The number of nitrogens with zero attached hydrogens (tertiary/aromatic N) is 2. The van der Waals surface area contributed by atoms with Gasteiger partial charge in [-0.3, -0.25) is 13.9 Å². The predicted octanol–water partition coefficient (Wildman–Crippen LogP) is 4.50. The summed E-state index contributed by atoms with van der Waals surface area (Å²) in [5.41, 5.74) is 1.03. The maximum atomic E-state index is 14.0. The highest BCUT2D eigenvalue weighted by molar-refractivity contribution is 7.92. The zero-order valence-electron chi connectivity index (χ0n) is 23.0. The van der Waals surface area contributed by atoms with Gasteiger partial charge in [0.25, 0.3) is 10.0 Å². The van der Waals surface area contributed by atoms with Gasteiger partial charge in [-0.1, -0.05) is 48.9 Å². The van der Waals surface area contributed by atoms with E-state index in [4.69, 9.17) is 21.1 Å². The van der Waals surface area contributed by atoms with E-state index in [1.165, 1.54) is 37.3 Å². The van der Waals surface area contributed by atoms with Crippen LogP contribution in [0.25, 0.3) is 0 Å². The lowest BCUT2D eigenvalue weighted by molar-refractivity contribution is -0.139. The monoisotopic (exact) mass is 587 g/mol. The van der Waals surface area contributed by atoms with Crippen LogP contribution in [0.2, 0.25) is 5.02 Å². The molecule has 0 saturated carbocycles. The first-order chi connectivity index (χ1) is 19.1. The van der Waals surface area contributed by atoms with Crippen LogP contribution < -0.4 is 19.1 Å². The zero-order chi connectivity index (χ0) is 29.3. The zero-order valence-corrected chi connectivity index (χ0v) is 24.5. The van der Waals surface area contributed by atoms with Crippen molar-refractivity contribution in [1.29, 1.82) is 0 Å². The van der Waals surface area contributed by atoms with Crippen LogP contribution in [-0.4, -0.2) is 58.5 Å². The van der Waals surface area contributed by atoms with E-state index in [-0.39, 0.29) is 23.1 Å². The molecule has 0 fully saturated rings. The van der Waals surface area contributed by atoms with E-state index in [1.807, 2.05) is 6.92 Å². The van der Waals surface area contributed by atoms with Gasteiger partial charge in [0.15, 0.2) is 11.5 Å². The van der Waals surface area contributed by atoms with Gasteiger partial charge in [0.1, 0.15) is 12.6 Å². The summed E-state index contributed by atoms with van der Waals surface area (Å²) >= 11 is 6.03. The summed E-state index contributed by atoms with van der Waals surface area (Å²) < 4.78 is 39.5. The SMILES string of the molecule is CCCNC(=O)[C@@H](C)N(Cc1ccc(Cl)cc1)C(=O)CN(c1ccccc1)S(=O)(=O)c1ccc(OC)c(OC)c1. The maximum absolute atomic E-state index is 14.0. The molecule has 3 aromatic carbocycles. The number of hydrogen-bond donors (Lipinski definition) is 1. The normalized spacial score (nSPS) is 11.8. The van der Waals surface area contributed by atoms with Crippen LogP contribution in [0.5, 0.6) is 11.5 Å². The summed E-state index contributed by atoms with van der Waals surface area (Å²) in [7, 11) is -1.39. The first-order valence-electron chi connectivity index (χ1n) is 12.7. The molecule has 0 spiro atoms. The fourth-order valence-electron chi connectivity index (χ4n) is 3.99. The summed E-state index contributed by atoms with van der Waals surface area (Å²) in [6.07, 6.45) is 0.731. The fraction of sp³-hybridized carbons (Fsp3) is 0.310. The summed E-state index contributed by atoms with van der Waals surface area (Å²) in [5, 5.41) is 3.35. The Hall–Kier alpha value is -3.76. The van der Waals surface area contributed by atoms with Gasteiger partial charge in [0.05, 0.1) is 24.8 Å². The Bertz CT molecular complexity index is 1400. The highest BCUT2D eigenvalue weighted by Gasteiger charge is 2.33. The van der Waals surface area contributed by atoms with E-state index in [2.05, 4.69) is 5.32 Å². The minimum atomic E-state index is -4.25. The first kappa shape index (κ1) is 30.8. The highest BCUT2D eigenvalue weighted by atomic mass is 35.5. The Morgan fingerprint density at radius 3 is 2.20 bits per heavy atom. The van der Waals surface area contributed by atoms with Gasteiger partial charge in [0.2, 0.25) is 11.8 Å². The smallest absolute Gasteiger partial charge is 0.264 e. The molecule has 0 aromatic heterocycles. The van der Waals surface area contributed by atoms with Crippen LogP contribution in [0, 0.1) is 0 Å². The van der Waals surface area contributed by atoms with Gasteiger partial charge in [-0.25, -0.2) is 8.42 Å². The third kappa shape index (κ3) is 7.45. The second-order valence-corrected chi connectivity index (χ2v) is 11.3. The number of para-hydroxylation sites is 1. The third-order valence-corrected chi connectivity index (χ3v) is 8.27. The summed E-state index contributed by atoms with van der Waals surface area (Å²) in [4.78, 5) is 28.1. The van der Waals surface area contributed by atoms with Crippen molar-refractivity contribution >= 4 is 39.1 Å². The van der Waals surface area contributed by atoms with E-state index < -0.39 is 28.5 Å². The molecule has 3 aromatic rings. The second kappa shape index (κ2) is 14.0. The topological polar surface area (TPSA) is 105 Å². The number of rotatable bonds is 13. The average molecular weight is 588 g/mol. The number of halogens is 1. The van der Waals surface area contributed by atoms with Crippen molar-refractivity contribution in [2.75, 3.05) is 31.6 Å². The molecule has 0 aliphatic carbocycles. The van der Waals surface area contributed by atoms with E-state index in [0.29, 0.717) is 23.0 Å². The summed E-state index contributed by atoms with van der Waals surface area (Å²) in [5.74, 6) is -0.293. The van der Waals surface area contributed by atoms with Gasteiger partial charge in [0, 0.05) is 24.2 Å².